The van der Waals surface area contributed by atoms with Crippen molar-refractivity contribution in [2.75, 3.05) is 7.05 Å². The molecule has 24 heavy (non-hydrogen) atoms. The summed E-state index contributed by atoms with van der Waals surface area (Å²) >= 11 is 0. The van der Waals surface area contributed by atoms with Crippen molar-refractivity contribution in [2.45, 2.75) is 38.3 Å². The Morgan fingerprint density at radius 2 is 1.96 bits per heavy atom. The zero-order valence-corrected chi connectivity index (χ0v) is 13.9. The summed E-state index contributed by atoms with van der Waals surface area (Å²) in [5.41, 5.74) is 0.153. The third kappa shape index (κ3) is 3.42. The topological polar surface area (TPSA) is 49.6 Å². The number of benzene rings is 1. The average Bonchev–Trinajstić information content (AvgIpc) is 3.14. The molecule has 6 heteroatoms. The number of nitrogens with one attached hydrogen (secondary N) is 2. The molecule has 4 nitrogen and oxygen atoms in total. The third-order valence-corrected chi connectivity index (χ3v) is 4.25. The molecule has 3 rings (SSSR count). The molecular formula is C18H21F2N3O. The molecule has 0 spiro atoms. The normalized spacial score (nSPS) is 21.5. The smallest absolute Gasteiger partial charge is 0.191 e. The largest absolute Gasteiger partial charge is 0.464 e. The third-order valence-electron chi connectivity index (χ3n) is 4.25. The van der Waals surface area contributed by atoms with Gasteiger partial charge in [0.2, 0.25) is 0 Å². The fraction of sp³-hybridized carbons (Fsp3) is 0.389. The first-order valence-electron chi connectivity index (χ1n) is 7.99. The number of guanidine groups is 1. The van der Waals surface area contributed by atoms with Gasteiger partial charge in [0.05, 0.1) is 6.04 Å². The quantitative estimate of drug-likeness (QED) is 0.663. The maximum absolute atomic E-state index is 13.8. The molecule has 128 valence electrons. The van der Waals surface area contributed by atoms with Crippen molar-refractivity contribution in [2.24, 2.45) is 4.99 Å². The Morgan fingerprint density at radius 3 is 2.54 bits per heavy atom. The van der Waals surface area contributed by atoms with Gasteiger partial charge in [-0.2, -0.15) is 0 Å². The minimum absolute atomic E-state index is 0.0341. The van der Waals surface area contributed by atoms with Crippen LogP contribution in [0.4, 0.5) is 8.78 Å². The Labute approximate surface area is 140 Å². The van der Waals surface area contributed by atoms with Crippen LogP contribution >= 0.6 is 0 Å². The van der Waals surface area contributed by atoms with Crippen LogP contribution < -0.4 is 10.6 Å². The predicted molar refractivity (Wildman–Crippen MR) is 89.0 cm³/mol. The highest BCUT2D eigenvalue weighted by Crippen LogP contribution is 2.43. The van der Waals surface area contributed by atoms with E-state index in [1.807, 2.05) is 26.0 Å². The number of hydrogen-bond donors (Lipinski definition) is 2. The van der Waals surface area contributed by atoms with Crippen molar-refractivity contribution in [1.29, 1.82) is 0 Å². The van der Waals surface area contributed by atoms with Crippen LogP contribution in [-0.4, -0.2) is 19.0 Å². The molecule has 1 aromatic heterocycles. The van der Waals surface area contributed by atoms with Crippen LogP contribution in [0.2, 0.25) is 0 Å². The maximum Gasteiger partial charge on any atom is 0.191 e. The van der Waals surface area contributed by atoms with Gasteiger partial charge in [0, 0.05) is 24.6 Å². The summed E-state index contributed by atoms with van der Waals surface area (Å²) in [5.74, 6) is 1.08. The molecule has 0 amide bonds. The molecule has 0 aliphatic heterocycles. The molecule has 0 saturated heterocycles. The molecule has 1 fully saturated rings. The van der Waals surface area contributed by atoms with E-state index in [4.69, 9.17) is 4.42 Å². The van der Waals surface area contributed by atoms with Gasteiger partial charge >= 0.3 is 0 Å². The van der Waals surface area contributed by atoms with E-state index in [0.29, 0.717) is 12.4 Å². The molecular weight excluding hydrogens is 312 g/mol. The van der Waals surface area contributed by atoms with E-state index in [-0.39, 0.29) is 23.6 Å². The highest BCUT2D eigenvalue weighted by molar-refractivity contribution is 5.81. The standard InChI is InChI=1S/C18H21F2N3O/c1-10-7-8-16(24-10)11(2)22-18(21-3)23-15-9-12(15)17-13(19)5-4-6-14(17)20/h4-8,11-12,15H,9H2,1-3H3,(H2,21,22,23). The Bertz CT molecular complexity index is 736. The molecule has 1 aliphatic rings. The molecule has 2 N–H and O–H groups in total. The van der Waals surface area contributed by atoms with Crippen LogP contribution in [0.1, 0.15) is 42.4 Å². The van der Waals surface area contributed by atoms with Crippen LogP contribution in [0.5, 0.6) is 0 Å². The summed E-state index contributed by atoms with van der Waals surface area (Å²) in [5, 5.41) is 6.44. The fourth-order valence-electron chi connectivity index (χ4n) is 2.85. The molecule has 3 unspecified atom stereocenters. The fourth-order valence-corrected chi connectivity index (χ4v) is 2.85. The minimum atomic E-state index is -0.494. The van der Waals surface area contributed by atoms with Gasteiger partial charge in [-0.05, 0) is 44.5 Å². The van der Waals surface area contributed by atoms with Crippen LogP contribution in [0.25, 0.3) is 0 Å². The minimum Gasteiger partial charge on any atom is -0.464 e. The lowest BCUT2D eigenvalue weighted by molar-refractivity contribution is 0.441. The van der Waals surface area contributed by atoms with Gasteiger partial charge in [-0.1, -0.05) is 6.07 Å². The van der Waals surface area contributed by atoms with Crippen molar-refractivity contribution in [3.63, 3.8) is 0 Å². The SMILES string of the molecule is CN=C(NC(C)c1ccc(C)o1)NC1CC1c1c(F)cccc1F. The van der Waals surface area contributed by atoms with E-state index in [1.54, 1.807) is 7.05 Å². The second-order valence-electron chi connectivity index (χ2n) is 6.12. The van der Waals surface area contributed by atoms with E-state index >= 15 is 0 Å². The average molecular weight is 333 g/mol. The van der Waals surface area contributed by atoms with E-state index in [2.05, 4.69) is 15.6 Å². The van der Waals surface area contributed by atoms with Crippen LogP contribution in [-0.2, 0) is 0 Å². The number of hydrogen-bond acceptors (Lipinski definition) is 2. The summed E-state index contributed by atoms with van der Waals surface area (Å²) in [7, 11) is 1.66. The van der Waals surface area contributed by atoms with Gasteiger partial charge in [0.15, 0.2) is 5.96 Å². The van der Waals surface area contributed by atoms with Crippen molar-refractivity contribution in [3.05, 3.63) is 59.1 Å². The monoisotopic (exact) mass is 333 g/mol. The van der Waals surface area contributed by atoms with Crippen molar-refractivity contribution in [1.82, 2.24) is 10.6 Å². The summed E-state index contributed by atoms with van der Waals surface area (Å²) in [6, 6.07) is 7.69. The highest BCUT2D eigenvalue weighted by atomic mass is 19.1. The van der Waals surface area contributed by atoms with Gasteiger partial charge in [0.25, 0.3) is 0 Å². The Balaban J connectivity index is 1.61. The number of aryl methyl sites for hydroxylation is 1. The first-order chi connectivity index (χ1) is 11.5. The number of furan rings is 1. The molecule has 1 saturated carbocycles. The van der Waals surface area contributed by atoms with Gasteiger partial charge < -0.3 is 15.1 Å². The van der Waals surface area contributed by atoms with Crippen LogP contribution in [0.15, 0.2) is 39.7 Å². The van der Waals surface area contributed by atoms with Crippen molar-refractivity contribution >= 4 is 5.96 Å². The maximum atomic E-state index is 13.8. The molecule has 2 aromatic rings. The van der Waals surface area contributed by atoms with Crippen molar-refractivity contribution < 1.29 is 13.2 Å². The summed E-state index contributed by atoms with van der Waals surface area (Å²) in [6.07, 6.45) is 0.673. The van der Waals surface area contributed by atoms with Gasteiger partial charge in [-0.3, -0.25) is 4.99 Å². The first-order valence-corrected chi connectivity index (χ1v) is 7.99. The Kier molecular flexibility index (Phi) is 4.55. The second-order valence-corrected chi connectivity index (χ2v) is 6.12. The van der Waals surface area contributed by atoms with Crippen molar-refractivity contribution in [3.8, 4) is 0 Å². The van der Waals surface area contributed by atoms with Crippen LogP contribution in [0, 0.1) is 18.6 Å². The second kappa shape index (κ2) is 6.63. The van der Waals surface area contributed by atoms with Crippen LogP contribution in [0.3, 0.4) is 0 Å². The Morgan fingerprint density at radius 1 is 1.25 bits per heavy atom. The van der Waals surface area contributed by atoms with E-state index < -0.39 is 11.6 Å². The molecule has 3 atom stereocenters. The zero-order chi connectivity index (χ0) is 17.3. The number of halogens is 2. The lowest BCUT2D eigenvalue weighted by atomic mass is 10.1. The zero-order valence-electron chi connectivity index (χ0n) is 13.9. The summed E-state index contributed by atoms with van der Waals surface area (Å²) in [6.45, 7) is 3.85. The van der Waals surface area contributed by atoms with Gasteiger partial charge in [0.1, 0.15) is 23.2 Å². The number of aliphatic imine (C=N–C) groups is 1. The van der Waals surface area contributed by atoms with E-state index in [1.165, 1.54) is 18.2 Å². The lowest BCUT2D eigenvalue weighted by Crippen LogP contribution is -2.40. The first kappa shape index (κ1) is 16.5. The molecule has 0 radical (unpaired) electrons. The number of rotatable bonds is 4. The number of nitrogens with zero attached hydrogens (tertiary/aromatic N) is 1. The molecule has 1 aromatic carbocycles. The van der Waals surface area contributed by atoms with E-state index in [0.717, 1.165) is 11.5 Å². The highest BCUT2D eigenvalue weighted by Gasteiger charge is 2.42. The molecule has 0 bridgehead atoms. The summed E-state index contributed by atoms with van der Waals surface area (Å²) < 4.78 is 33.3. The Hall–Kier alpha value is -2.37. The summed E-state index contributed by atoms with van der Waals surface area (Å²) in [4.78, 5) is 4.18. The lowest BCUT2D eigenvalue weighted by Gasteiger charge is -2.16. The van der Waals surface area contributed by atoms with E-state index in [9.17, 15) is 8.78 Å². The molecule has 1 heterocycles. The van der Waals surface area contributed by atoms with Gasteiger partial charge in [-0.15, -0.1) is 0 Å². The molecule has 1 aliphatic carbocycles. The predicted octanol–water partition coefficient (Wildman–Crippen LogP) is 3.65. The van der Waals surface area contributed by atoms with Gasteiger partial charge in [-0.25, -0.2) is 8.78 Å².